The molecule has 1 heteroatoms. The fourth-order valence-electron chi connectivity index (χ4n) is 1.16. The molecule has 0 spiro atoms. The molecule has 0 saturated carbocycles. The zero-order valence-electron chi connectivity index (χ0n) is 8.07. The second-order valence-corrected chi connectivity index (χ2v) is 3.09. The summed E-state index contributed by atoms with van der Waals surface area (Å²) in [7, 11) is 0. The van der Waals surface area contributed by atoms with Crippen molar-refractivity contribution in [1.29, 1.82) is 0 Å². The average Bonchev–Trinajstić information content (AvgIpc) is 2.30. The van der Waals surface area contributed by atoms with Gasteiger partial charge in [-0.05, 0) is 42.5 Å². The molecule has 0 aliphatic carbocycles. The molecular formula is C14H9O. The Bertz CT molecular complexity index is 486. The van der Waals surface area contributed by atoms with Crippen molar-refractivity contribution in [3.8, 4) is 17.6 Å². The molecule has 1 radical (unpaired) electrons. The minimum Gasteiger partial charge on any atom is -0.508 e. The van der Waals surface area contributed by atoms with Crippen LogP contribution in [0, 0.1) is 17.9 Å². The minimum absolute atomic E-state index is 0.259. The van der Waals surface area contributed by atoms with E-state index in [-0.39, 0.29) is 5.75 Å². The van der Waals surface area contributed by atoms with E-state index in [9.17, 15) is 0 Å². The fraction of sp³-hybridized carbons (Fsp3) is 0. The zero-order chi connectivity index (χ0) is 10.5. The molecule has 2 aromatic carbocycles. The summed E-state index contributed by atoms with van der Waals surface area (Å²) in [5.41, 5.74) is 1.85. The summed E-state index contributed by atoms with van der Waals surface area (Å²) in [6.45, 7) is 0. The van der Waals surface area contributed by atoms with Crippen LogP contribution in [0.4, 0.5) is 0 Å². The first kappa shape index (κ1) is 9.36. The Morgan fingerprint density at radius 3 is 1.93 bits per heavy atom. The van der Waals surface area contributed by atoms with Gasteiger partial charge in [0.1, 0.15) is 5.75 Å². The molecule has 0 fully saturated rings. The van der Waals surface area contributed by atoms with Crippen LogP contribution in [0.1, 0.15) is 11.1 Å². The fourth-order valence-corrected chi connectivity index (χ4v) is 1.16. The van der Waals surface area contributed by atoms with Crippen molar-refractivity contribution in [2.24, 2.45) is 0 Å². The third-order valence-corrected chi connectivity index (χ3v) is 1.94. The van der Waals surface area contributed by atoms with Gasteiger partial charge in [0.05, 0.1) is 0 Å². The zero-order valence-corrected chi connectivity index (χ0v) is 8.07. The van der Waals surface area contributed by atoms with Gasteiger partial charge in [-0.3, -0.25) is 0 Å². The van der Waals surface area contributed by atoms with Crippen LogP contribution in [0.15, 0.2) is 48.5 Å². The molecule has 0 atom stereocenters. The van der Waals surface area contributed by atoms with E-state index in [0.717, 1.165) is 11.1 Å². The molecule has 2 rings (SSSR count). The minimum atomic E-state index is 0.259. The highest BCUT2D eigenvalue weighted by Gasteiger charge is 1.87. The van der Waals surface area contributed by atoms with E-state index in [1.807, 2.05) is 24.3 Å². The highest BCUT2D eigenvalue weighted by molar-refractivity contribution is 5.43. The highest BCUT2D eigenvalue weighted by atomic mass is 16.3. The molecule has 0 amide bonds. The molecular weight excluding hydrogens is 184 g/mol. The Labute approximate surface area is 89.0 Å². The van der Waals surface area contributed by atoms with Gasteiger partial charge in [-0.25, -0.2) is 0 Å². The van der Waals surface area contributed by atoms with E-state index < -0.39 is 0 Å². The number of phenolic OH excluding ortho intramolecular Hbond substituents is 1. The van der Waals surface area contributed by atoms with Gasteiger partial charge >= 0.3 is 0 Å². The van der Waals surface area contributed by atoms with Crippen molar-refractivity contribution >= 4 is 0 Å². The van der Waals surface area contributed by atoms with Crippen LogP contribution in [-0.4, -0.2) is 5.11 Å². The molecule has 0 heterocycles. The summed E-state index contributed by atoms with van der Waals surface area (Å²) in [6.07, 6.45) is 0. The quantitative estimate of drug-likeness (QED) is 0.637. The van der Waals surface area contributed by atoms with Crippen LogP contribution in [-0.2, 0) is 0 Å². The van der Waals surface area contributed by atoms with Crippen molar-refractivity contribution in [3.05, 3.63) is 65.7 Å². The van der Waals surface area contributed by atoms with E-state index in [1.165, 1.54) is 0 Å². The average molecular weight is 193 g/mol. The maximum absolute atomic E-state index is 9.09. The molecule has 1 N–H and O–H groups in total. The summed E-state index contributed by atoms with van der Waals surface area (Å²) in [5.74, 6) is 6.30. The van der Waals surface area contributed by atoms with Gasteiger partial charge in [0, 0.05) is 11.1 Å². The molecule has 0 bridgehead atoms. The van der Waals surface area contributed by atoms with Gasteiger partial charge < -0.3 is 5.11 Å². The molecule has 0 aliphatic rings. The SMILES string of the molecule is Oc1ccc(C#Cc2cc[c]cc2)cc1. The van der Waals surface area contributed by atoms with Gasteiger partial charge in [0.25, 0.3) is 0 Å². The highest BCUT2D eigenvalue weighted by Crippen LogP contribution is 2.08. The lowest BCUT2D eigenvalue weighted by Gasteiger charge is -1.91. The normalized spacial score (nSPS) is 9.07. The van der Waals surface area contributed by atoms with Crippen LogP contribution in [0.2, 0.25) is 0 Å². The molecule has 2 aromatic rings. The van der Waals surface area contributed by atoms with Gasteiger partial charge in [0.15, 0.2) is 0 Å². The summed E-state index contributed by atoms with van der Waals surface area (Å²) in [6, 6.07) is 17.3. The van der Waals surface area contributed by atoms with Gasteiger partial charge in [-0.2, -0.15) is 0 Å². The van der Waals surface area contributed by atoms with E-state index >= 15 is 0 Å². The van der Waals surface area contributed by atoms with Crippen LogP contribution in [0.3, 0.4) is 0 Å². The summed E-state index contributed by atoms with van der Waals surface area (Å²) in [4.78, 5) is 0. The summed E-state index contributed by atoms with van der Waals surface area (Å²) < 4.78 is 0. The lowest BCUT2D eigenvalue weighted by Crippen LogP contribution is -1.74. The van der Waals surface area contributed by atoms with Crippen LogP contribution >= 0.6 is 0 Å². The number of phenols is 1. The van der Waals surface area contributed by atoms with Crippen molar-refractivity contribution in [1.82, 2.24) is 0 Å². The number of benzene rings is 2. The Morgan fingerprint density at radius 2 is 1.33 bits per heavy atom. The lowest BCUT2D eigenvalue weighted by atomic mass is 10.2. The van der Waals surface area contributed by atoms with Crippen LogP contribution in [0.5, 0.6) is 5.75 Å². The number of hydrogen-bond acceptors (Lipinski definition) is 1. The van der Waals surface area contributed by atoms with Crippen molar-refractivity contribution < 1.29 is 5.11 Å². The second-order valence-electron chi connectivity index (χ2n) is 3.09. The lowest BCUT2D eigenvalue weighted by molar-refractivity contribution is 0.475. The Morgan fingerprint density at radius 1 is 0.800 bits per heavy atom. The predicted molar refractivity (Wildman–Crippen MR) is 59.4 cm³/mol. The third-order valence-electron chi connectivity index (χ3n) is 1.94. The standard InChI is InChI=1S/C14H9O/c15-14-10-8-13(9-11-14)7-6-12-4-2-1-3-5-12/h2-5,8-11,15H. The van der Waals surface area contributed by atoms with Crippen LogP contribution < -0.4 is 0 Å². The van der Waals surface area contributed by atoms with Crippen molar-refractivity contribution in [2.45, 2.75) is 0 Å². The number of aromatic hydroxyl groups is 1. The molecule has 0 aliphatic heterocycles. The van der Waals surface area contributed by atoms with Gasteiger partial charge in [-0.1, -0.05) is 24.0 Å². The molecule has 0 unspecified atom stereocenters. The predicted octanol–water partition coefficient (Wildman–Crippen LogP) is 2.59. The maximum atomic E-state index is 9.09. The Kier molecular flexibility index (Phi) is 2.71. The molecule has 0 aromatic heterocycles. The first-order valence-electron chi connectivity index (χ1n) is 4.62. The maximum Gasteiger partial charge on any atom is 0.115 e. The van der Waals surface area contributed by atoms with Crippen molar-refractivity contribution in [2.75, 3.05) is 0 Å². The van der Waals surface area contributed by atoms with E-state index in [4.69, 9.17) is 5.11 Å². The molecule has 0 saturated heterocycles. The first-order valence-corrected chi connectivity index (χ1v) is 4.62. The van der Waals surface area contributed by atoms with Gasteiger partial charge in [0.2, 0.25) is 0 Å². The van der Waals surface area contributed by atoms with E-state index in [1.54, 1.807) is 24.3 Å². The largest absolute Gasteiger partial charge is 0.508 e. The van der Waals surface area contributed by atoms with Crippen LogP contribution in [0.25, 0.3) is 0 Å². The number of hydrogen-bond donors (Lipinski definition) is 1. The summed E-state index contributed by atoms with van der Waals surface area (Å²) >= 11 is 0. The van der Waals surface area contributed by atoms with Gasteiger partial charge in [-0.15, -0.1) is 0 Å². The Balaban J connectivity index is 2.22. The number of rotatable bonds is 0. The summed E-state index contributed by atoms with van der Waals surface area (Å²) in [5, 5.41) is 9.09. The van der Waals surface area contributed by atoms with E-state index in [2.05, 4.69) is 17.9 Å². The molecule has 1 nitrogen and oxygen atoms in total. The monoisotopic (exact) mass is 193 g/mol. The second kappa shape index (κ2) is 4.34. The van der Waals surface area contributed by atoms with E-state index in [0.29, 0.717) is 0 Å². The smallest absolute Gasteiger partial charge is 0.115 e. The molecule has 71 valence electrons. The molecule has 15 heavy (non-hydrogen) atoms. The first-order chi connectivity index (χ1) is 7.34. The third kappa shape index (κ3) is 2.62. The Hall–Kier alpha value is -2.20. The topological polar surface area (TPSA) is 20.2 Å². The van der Waals surface area contributed by atoms with Crippen molar-refractivity contribution in [3.63, 3.8) is 0 Å².